The molecular formula is C24H22N4O2S4. The second-order valence-corrected chi connectivity index (χ2v) is 11.5. The van der Waals surface area contributed by atoms with E-state index in [9.17, 15) is 9.59 Å². The molecule has 3 aromatic rings. The number of amides is 2. The summed E-state index contributed by atoms with van der Waals surface area (Å²) in [6.45, 7) is 4.31. The fraction of sp³-hybridized carbons (Fsp3) is 0.208. The van der Waals surface area contributed by atoms with Crippen LogP contribution >= 0.6 is 47.1 Å². The first-order valence-electron chi connectivity index (χ1n) is 10.5. The zero-order valence-corrected chi connectivity index (χ0v) is 21.9. The van der Waals surface area contributed by atoms with Gasteiger partial charge in [0.25, 0.3) is 5.91 Å². The van der Waals surface area contributed by atoms with Gasteiger partial charge in [-0.05, 0) is 36.6 Å². The lowest BCUT2D eigenvalue weighted by molar-refractivity contribution is -0.122. The number of thiocarbonyl (C=S) groups is 1. The maximum Gasteiger partial charge on any atom is 0.266 e. The molecule has 10 heteroatoms. The van der Waals surface area contributed by atoms with Gasteiger partial charge in [0, 0.05) is 18.7 Å². The van der Waals surface area contributed by atoms with Gasteiger partial charge in [0.05, 0.1) is 4.91 Å². The Morgan fingerprint density at radius 3 is 2.68 bits per heavy atom. The zero-order chi connectivity index (χ0) is 24.1. The molecule has 2 aromatic carbocycles. The Balaban J connectivity index is 1.28. The molecule has 0 aliphatic carbocycles. The molecule has 1 fully saturated rings. The zero-order valence-electron chi connectivity index (χ0n) is 18.6. The number of nitrogens with zero attached hydrogens (tertiary/aromatic N) is 3. The van der Waals surface area contributed by atoms with Crippen LogP contribution in [-0.2, 0) is 15.3 Å². The molecular weight excluding hydrogens is 505 g/mol. The van der Waals surface area contributed by atoms with E-state index in [1.165, 1.54) is 39.1 Å². The van der Waals surface area contributed by atoms with Crippen LogP contribution in [0.3, 0.4) is 0 Å². The number of anilines is 1. The average Bonchev–Trinajstić information content (AvgIpc) is 3.37. The second-order valence-electron chi connectivity index (χ2n) is 7.63. The normalized spacial score (nSPS) is 14.8. The molecule has 34 heavy (non-hydrogen) atoms. The van der Waals surface area contributed by atoms with Crippen molar-refractivity contribution in [3.63, 3.8) is 0 Å². The summed E-state index contributed by atoms with van der Waals surface area (Å²) in [5, 5.41) is 11.4. The van der Waals surface area contributed by atoms with E-state index >= 15 is 0 Å². The molecule has 4 rings (SSSR count). The molecule has 0 bridgehead atoms. The molecule has 0 saturated carbocycles. The Bertz CT molecular complexity index is 1250. The van der Waals surface area contributed by atoms with Crippen molar-refractivity contribution >= 4 is 74.4 Å². The lowest BCUT2D eigenvalue weighted by Crippen LogP contribution is -2.31. The number of aryl methyl sites for hydroxylation is 2. The van der Waals surface area contributed by atoms with Crippen molar-refractivity contribution in [2.45, 2.75) is 30.4 Å². The standard InChI is InChI=1S/C24H22N4O2S4/c1-15-7-9-17(10-8-15)13-19-21(30)28(24(31)33-19)12-11-20(29)25-22-26-27-23(34-22)32-14-18-6-4-3-5-16(18)2/h3-10,13H,11-12,14H2,1-2H3,(H,25,26,29)/b19-13-. The number of carbonyl (C=O) groups is 2. The molecule has 2 amide bonds. The van der Waals surface area contributed by atoms with Crippen LogP contribution in [0.4, 0.5) is 5.13 Å². The molecule has 6 nitrogen and oxygen atoms in total. The van der Waals surface area contributed by atoms with E-state index in [-0.39, 0.29) is 24.8 Å². The van der Waals surface area contributed by atoms with Gasteiger partial charge in [-0.15, -0.1) is 10.2 Å². The second kappa shape index (κ2) is 11.3. The molecule has 0 unspecified atom stereocenters. The Hall–Kier alpha value is -2.53. The number of nitrogens with one attached hydrogen (secondary N) is 1. The number of thioether (sulfide) groups is 2. The summed E-state index contributed by atoms with van der Waals surface area (Å²) in [7, 11) is 0. The smallest absolute Gasteiger partial charge is 0.266 e. The fourth-order valence-corrected chi connectivity index (χ4v) is 6.28. The highest BCUT2D eigenvalue weighted by atomic mass is 32.2. The molecule has 1 aliphatic heterocycles. The van der Waals surface area contributed by atoms with E-state index in [0.717, 1.165) is 21.2 Å². The average molecular weight is 527 g/mol. The molecule has 0 radical (unpaired) electrons. The molecule has 0 spiro atoms. The molecule has 0 atom stereocenters. The van der Waals surface area contributed by atoms with Crippen LogP contribution in [0.15, 0.2) is 57.8 Å². The van der Waals surface area contributed by atoms with Gasteiger partial charge in [-0.1, -0.05) is 101 Å². The molecule has 1 aliphatic rings. The highest BCUT2D eigenvalue weighted by Crippen LogP contribution is 2.33. The van der Waals surface area contributed by atoms with E-state index in [4.69, 9.17) is 12.2 Å². The van der Waals surface area contributed by atoms with Crippen molar-refractivity contribution in [3.05, 3.63) is 75.7 Å². The first-order chi connectivity index (χ1) is 16.4. The predicted octanol–water partition coefficient (Wildman–Crippen LogP) is 5.68. The molecule has 2 heterocycles. The fourth-order valence-electron chi connectivity index (χ4n) is 3.13. The number of rotatable bonds is 8. The highest BCUT2D eigenvalue weighted by molar-refractivity contribution is 8.26. The number of aromatic nitrogens is 2. The largest absolute Gasteiger partial charge is 0.300 e. The first-order valence-corrected chi connectivity index (χ1v) is 13.5. The number of hydrogen-bond donors (Lipinski definition) is 1. The van der Waals surface area contributed by atoms with Crippen molar-refractivity contribution in [2.24, 2.45) is 0 Å². The van der Waals surface area contributed by atoms with Gasteiger partial charge < -0.3 is 5.32 Å². The molecule has 1 N–H and O–H groups in total. The summed E-state index contributed by atoms with van der Waals surface area (Å²) in [6.07, 6.45) is 1.95. The van der Waals surface area contributed by atoms with Crippen LogP contribution < -0.4 is 5.32 Å². The summed E-state index contributed by atoms with van der Waals surface area (Å²) < 4.78 is 1.25. The van der Waals surface area contributed by atoms with Gasteiger partial charge in [0.15, 0.2) is 4.34 Å². The van der Waals surface area contributed by atoms with Gasteiger partial charge in [-0.3, -0.25) is 14.5 Å². The van der Waals surface area contributed by atoms with Crippen molar-refractivity contribution in [3.8, 4) is 0 Å². The minimum atomic E-state index is -0.233. The van der Waals surface area contributed by atoms with E-state index in [2.05, 4.69) is 34.6 Å². The molecule has 174 valence electrons. The minimum absolute atomic E-state index is 0.121. The molecule has 1 aromatic heterocycles. The summed E-state index contributed by atoms with van der Waals surface area (Å²) in [4.78, 5) is 27.2. The predicted molar refractivity (Wildman–Crippen MR) is 145 cm³/mol. The topological polar surface area (TPSA) is 75.2 Å². The lowest BCUT2D eigenvalue weighted by Gasteiger charge is -2.13. The first kappa shape index (κ1) is 24.6. The maximum atomic E-state index is 12.8. The van der Waals surface area contributed by atoms with Crippen LogP contribution in [0.5, 0.6) is 0 Å². The van der Waals surface area contributed by atoms with Gasteiger partial charge in [0.2, 0.25) is 11.0 Å². The Morgan fingerprint density at radius 2 is 1.91 bits per heavy atom. The van der Waals surface area contributed by atoms with Crippen LogP contribution in [0, 0.1) is 13.8 Å². The summed E-state index contributed by atoms with van der Waals surface area (Å²) in [5.41, 5.74) is 4.57. The van der Waals surface area contributed by atoms with Gasteiger partial charge in [-0.2, -0.15) is 0 Å². The summed E-state index contributed by atoms with van der Waals surface area (Å²) >= 11 is 9.55. The van der Waals surface area contributed by atoms with Crippen LogP contribution in [0.25, 0.3) is 6.08 Å². The van der Waals surface area contributed by atoms with Crippen LogP contribution in [0.2, 0.25) is 0 Å². The quantitative estimate of drug-likeness (QED) is 0.175. The van der Waals surface area contributed by atoms with Crippen molar-refractivity contribution < 1.29 is 9.59 Å². The van der Waals surface area contributed by atoms with E-state index < -0.39 is 0 Å². The van der Waals surface area contributed by atoms with Gasteiger partial charge in [0.1, 0.15) is 4.32 Å². The maximum absolute atomic E-state index is 12.8. The van der Waals surface area contributed by atoms with Crippen molar-refractivity contribution in [1.82, 2.24) is 15.1 Å². The summed E-state index contributed by atoms with van der Waals surface area (Å²) in [5.74, 6) is 0.386. The van der Waals surface area contributed by atoms with E-state index in [1.807, 2.05) is 49.4 Å². The van der Waals surface area contributed by atoms with Crippen LogP contribution in [-0.4, -0.2) is 37.8 Å². The highest BCUT2D eigenvalue weighted by Gasteiger charge is 2.32. The number of hydrogen-bond acceptors (Lipinski definition) is 8. The minimum Gasteiger partial charge on any atom is -0.300 e. The Kier molecular flexibility index (Phi) is 8.15. The van der Waals surface area contributed by atoms with E-state index in [1.54, 1.807) is 11.8 Å². The van der Waals surface area contributed by atoms with Crippen molar-refractivity contribution in [1.29, 1.82) is 0 Å². The Labute approximate surface area is 216 Å². The monoisotopic (exact) mass is 526 g/mol. The summed E-state index contributed by atoms with van der Waals surface area (Å²) in [6, 6.07) is 16.1. The number of benzene rings is 2. The van der Waals surface area contributed by atoms with Gasteiger partial charge >= 0.3 is 0 Å². The van der Waals surface area contributed by atoms with Crippen LogP contribution in [0.1, 0.15) is 28.7 Å². The molecule has 1 saturated heterocycles. The Morgan fingerprint density at radius 1 is 1.15 bits per heavy atom. The lowest BCUT2D eigenvalue weighted by atomic mass is 10.1. The van der Waals surface area contributed by atoms with E-state index in [0.29, 0.717) is 14.4 Å². The SMILES string of the molecule is Cc1ccc(/C=C2\SC(=S)N(CCC(=O)Nc3nnc(SCc4ccccc4C)s3)C2=O)cc1. The third-order valence-electron chi connectivity index (χ3n) is 5.08. The number of carbonyl (C=O) groups excluding carboxylic acids is 2. The third kappa shape index (κ3) is 6.32. The third-order valence-corrected chi connectivity index (χ3v) is 8.47. The van der Waals surface area contributed by atoms with Gasteiger partial charge in [-0.25, -0.2) is 0 Å². The van der Waals surface area contributed by atoms with Crippen molar-refractivity contribution in [2.75, 3.05) is 11.9 Å².